The molecule has 2 heteroatoms. The van der Waals surface area contributed by atoms with Gasteiger partial charge in [0.2, 0.25) is 0 Å². The van der Waals surface area contributed by atoms with Gasteiger partial charge in [0.25, 0.3) is 0 Å². The monoisotopic (exact) mass is 247 g/mol. The highest BCUT2D eigenvalue weighted by Crippen LogP contribution is 2.18. The highest BCUT2D eigenvalue weighted by Gasteiger charge is 1.96. The Labute approximate surface area is 91.9 Å². The molecule has 0 aliphatic carbocycles. The van der Waals surface area contributed by atoms with E-state index in [4.69, 9.17) is 0 Å². The molecule has 0 saturated heterocycles. The molecule has 0 radical (unpaired) electrons. The molecular weight excluding hydrogens is 238 g/mol. The summed E-state index contributed by atoms with van der Waals surface area (Å²) in [6, 6.07) is 12.5. The van der Waals surface area contributed by atoms with Gasteiger partial charge in [0.1, 0.15) is 0 Å². The summed E-state index contributed by atoms with van der Waals surface area (Å²) < 4.78 is 0. The van der Waals surface area contributed by atoms with Gasteiger partial charge in [-0.25, -0.2) is 0 Å². The smallest absolute Gasteiger partial charge is 0.0346 e. The first-order valence-corrected chi connectivity index (χ1v) is 5.57. The predicted molar refractivity (Wildman–Crippen MR) is 62.3 cm³/mol. The van der Waals surface area contributed by atoms with Crippen molar-refractivity contribution < 1.29 is 0 Å². The van der Waals surface area contributed by atoms with Gasteiger partial charge >= 0.3 is 0 Å². The van der Waals surface area contributed by atoms with Gasteiger partial charge in [-0.1, -0.05) is 46.3 Å². The fourth-order valence-electron chi connectivity index (χ4n) is 1.32. The second kappa shape index (κ2) is 4.38. The summed E-state index contributed by atoms with van der Waals surface area (Å²) in [5.41, 5.74) is 3.66. The second-order valence-electron chi connectivity index (χ2n) is 3.07. The van der Waals surface area contributed by atoms with Gasteiger partial charge in [0, 0.05) is 17.7 Å². The number of benzene rings is 1. The fraction of sp³-hybridized carbons (Fsp3) is 0.0833. The maximum Gasteiger partial charge on any atom is 0.0346 e. The Bertz CT molecular complexity index is 394. The standard InChI is InChI=1S/C12H10BrN/c13-8-10-3-5-11(6-4-10)12-2-1-7-14-9-12/h1-7,9H,8H2. The van der Waals surface area contributed by atoms with E-state index < -0.39 is 0 Å². The number of hydrogen-bond donors (Lipinski definition) is 0. The van der Waals surface area contributed by atoms with Crippen molar-refractivity contribution in [2.24, 2.45) is 0 Å². The molecular formula is C12H10BrN. The van der Waals surface area contributed by atoms with Crippen LogP contribution in [0.1, 0.15) is 5.56 Å². The second-order valence-corrected chi connectivity index (χ2v) is 3.63. The molecule has 1 heterocycles. The van der Waals surface area contributed by atoms with Crippen LogP contribution in [0.4, 0.5) is 0 Å². The summed E-state index contributed by atoms with van der Waals surface area (Å²) in [6.45, 7) is 0. The van der Waals surface area contributed by atoms with Crippen LogP contribution < -0.4 is 0 Å². The van der Waals surface area contributed by atoms with Crippen LogP contribution in [0.15, 0.2) is 48.8 Å². The molecule has 0 amide bonds. The van der Waals surface area contributed by atoms with Gasteiger partial charge < -0.3 is 0 Å². The average Bonchev–Trinajstić information content (AvgIpc) is 2.30. The van der Waals surface area contributed by atoms with Gasteiger partial charge in [-0.2, -0.15) is 0 Å². The van der Waals surface area contributed by atoms with Gasteiger partial charge in [0.15, 0.2) is 0 Å². The van der Waals surface area contributed by atoms with Crippen LogP contribution in [-0.4, -0.2) is 4.98 Å². The number of pyridine rings is 1. The van der Waals surface area contributed by atoms with Crippen molar-refractivity contribution in [3.05, 3.63) is 54.4 Å². The minimum Gasteiger partial charge on any atom is -0.264 e. The molecule has 0 fully saturated rings. The molecule has 0 atom stereocenters. The molecule has 2 aromatic rings. The number of hydrogen-bond acceptors (Lipinski definition) is 1. The Morgan fingerprint density at radius 1 is 1.00 bits per heavy atom. The highest BCUT2D eigenvalue weighted by molar-refractivity contribution is 9.08. The number of aromatic nitrogens is 1. The number of alkyl halides is 1. The molecule has 2 rings (SSSR count). The molecule has 0 spiro atoms. The molecule has 0 N–H and O–H groups in total. The summed E-state index contributed by atoms with van der Waals surface area (Å²) in [5, 5.41) is 0.903. The Morgan fingerprint density at radius 2 is 1.79 bits per heavy atom. The quantitative estimate of drug-likeness (QED) is 0.739. The van der Waals surface area contributed by atoms with Crippen LogP contribution in [0, 0.1) is 0 Å². The lowest BCUT2D eigenvalue weighted by atomic mass is 10.1. The third-order valence-corrected chi connectivity index (χ3v) is 2.75. The Morgan fingerprint density at radius 3 is 2.36 bits per heavy atom. The highest BCUT2D eigenvalue weighted by atomic mass is 79.9. The molecule has 70 valence electrons. The predicted octanol–water partition coefficient (Wildman–Crippen LogP) is 3.64. The largest absolute Gasteiger partial charge is 0.264 e. The molecule has 1 aromatic heterocycles. The van der Waals surface area contributed by atoms with E-state index in [2.05, 4.69) is 51.2 Å². The van der Waals surface area contributed by atoms with Crippen molar-refractivity contribution in [3.8, 4) is 11.1 Å². The summed E-state index contributed by atoms with van der Waals surface area (Å²) in [5.74, 6) is 0. The Hall–Kier alpha value is -1.15. The SMILES string of the molecule is BrCc1ccc(-c2cccnc2)cc1. The third-order valence-electron chi connectivity index (χ3n) is 2.10. The molecule has 1 nitrogen and oxygen atoms in total. The first kappa shape index (κ1) is 9.41. The van der Waals surface area contributed by atoms with Crippen molar-refractivity contribution in [2.45, 2.75) is 5.33 Å². The summed E-state index contributed by atoms with van der Waals surface area (Å²) >= 11 is 3.43. The number of nitrogens with zero attached hydrogens (tertiary/aromatic N) is 1. The van der Waals surface area contributed by atoms with Crippen LogP contribution in [0.5, 0.6) is 0 Å². The van der Waals surface area contributed by atoms with Crippen LogP contribution in [0.2, 0.25) is 0 Å². The molecule has 0 aliphatic heterocycles. The lowest BCUT2D eigenvalue weighted by Gasteiger charge is -2.01. The molecule has 0 bridgehead atoms. The zero-order valence-corrected chi connectivity index (χ0v) is 9.24. The number of halogens is 1. The molecule has 1 aromatic carbocycles. The summed E-state index contributed by atoms with van der Waals surface area (Å²) in [7, 11) is 0. The average molecular weight is 248 g/mol. The van der Waals surface area contributed by atoms with Gasteiger partial charge in [0.05, 0.1) is 0 Å². The van der Waals surface area contributed by atoms with Gasteiger partial charge in [-0.05, 0) is 22.8 Å². The molecule has 0 aliphatic rings. The van der Waals surface area contributed by atoms with Crippen molar-refractivity contribution in [2.75, 3.05) is 0 Å². The molecule has 0 unspecified atom stereocenters. The van der Waals surface area contributed by atoms with Crippen molar-refractivity contribution in [1.29, 1.82) is 0 Å². The van der Waals surface area contributed by atoms with Crippen molar-refractivity contribution >= 4 is 15.9 Å². The Balaban J connectivity index is 2.34. The van der Waals surface area contributed by atoms with E-state index in [1.54, 1.807) is 6.20 Å². The van der Waals surface area contributed by atoms with E-state index in [-0.39, 0.29) is 0 Å². The van der Waals surface area contributed by atoms with Crippen molar-refractivity contribution in [3.63, 3.8) is 0 Å². The maximum atomic E-state index is 4.09. The van der Waals surface area contributed by atoms with Crippen LogP contribution in [-0.2, 0) is 5.33 Å². The zero-order valence-electron chi connectivity index (χ0n) is 7.65. The van der Waals surface area contributed by atoms with E-state index in [1.807, 2.05) is 12.3 Å². The normalized spacial score (nSPS) is 10.1. The summed E-state index contributed by atoms with van der Waals surface area (Å²) in [4.78, 5) is 4.09. The Kier molecular flexibility index (Phi) is 2.94. The van der Waals surface area contributed by atoms with Crippen LogP contribution in [0.25, 0.3) is 11.1 Å². The van der Waals surface area contributed by atoms with Gasteiger partial charge in [-0.15, -0.1) is 0 Å². The minimum atomic E-state index is 0.903. The van der Waals surface area contributed by atoms with Crippen LogP contribution >= 0.6 is 15.9 Å². The maximum absolute atomic E-state index is 4.09. The first-order chi connectivity index (χ1) is 6.90. The van der Waals surface area contributed by atoms with Gasteiger partial charge in [-0.3, -0.25) is 4.98 Å². The fourth-order valence-corrected chi connectivity index (χ4v) is 1.69. The van der Waals surface area contributed by atoms with E-state index in [1.165, 1.54) is 11.1 Å². The zero-order chi connectivity index (χ0) is 9.80. The van der Waals surface area contributed by atoms with E-state index in [0.717, 1.165) is 10.9 Å². The van der Waals surface area contributed by atoms with E-state index >= 15 is 0 Å². The van der Waals surface area contributed by atoms with Crippen LogP contribution in [0.3, 0.4) is 0 Å². The van der Waals surface area contributed by atoms with E-state index in [9.17, 15) is 0 Å². The third kappa shape index (κ3) is 2.02. The molecule has 0 saturated carbocycles. The van der Waals surface area contributed by atoms with E-state index in [0.29, 0.717) is 0 Å². The minimum absolute atomic E-state index is 0.903. The number of rotatable bonds is 2. The topological polar surface area (TPSA) is 12.9 Å². The van der Waals surface area contributed by atoms with Crippen molar-refractivity contribution in [1.82, 2.24) is 4.98 Å². The lowest BCUT2D eigenvalue weighted by molar-refractivity contribution is 1.33. The summed E-state index contributed by atoms with van der Waals surface area (Å²) in [6.07, 6.45) is 3.67. The first-order valence-electron chi connectivity index (χ1n) is 4.45. The molecule has 14 heavy (non-hydrogen) atoms. The lowest BCUT2D eigenvalue weighted by Crippen LogP contribution is -1.80.